The van der Waals surface area contributed by atoms with Crippen molar-refractivity contribution in [3.05, 3.63) is 173 Å². The van der Waals surface area contributed by atoms with Crippen LogP contribution in [0.15, 0.2) is 121 Å². The Kier molecular flexibility index (Phi) is 10.9. The number of hydrogen-bond donors (Lipinski definition) is 2. The molecule has 6 heterocycles. The minimum atomic E-state index is -0.00460. The van der Waals surface area contributed by atoms with Crippen LogP contribution in [0.2, 0.25) is 0 Å². The van der Waals surface area contributed by atoms with Crippen molar-refractivity contribution in [1.82, 2.24) is 29.7 Å². The second-order valence-electron chi connectivity index (χ2n) is 23.3. The van der Waals surface area contributed by atoms with E-state index in [-0.39, 0.29) is 21.7 Å². The topological polar surface area (TPSA) is 63.8 Å². The molecule has 348 valence electrons. The molecule has 3 aliphatic heterocycles. The first-order chi connectivity index (χ1) is 32.5. The number of rotatable bonds is 4. The molecule has 6 heteroatoms. The Hall–Kier alpha value is -6.92. The second kappa shape index (κ2) is 16.4. The van der Waals surface area contributed by atoms with E-state index in [1.54, 1.807) is 0 Å². The lowest BCUT2D eigenvalue weighted by Crippen LogP contribution is -2.16. The highest BCUT2D eigenvalue weighted by atomic mass is 15.4. The minimum absolute atomic E-state index is 0.00460. The number of H-pyrrole nitrogens is 2. The van der Waals surface area contributed by atoms with Gasteiger partial charge in [0.15, 0.2) is 0 Å². The number of aromatic amines is 2. The van der Waals surface area contributed by atoms with Gasteiger partial charge in [0, 0.05) is 58.4 Å². The van der Waals surface area contributed by atoms with Crippen molar-refractivity contribution < 1.29 is 0 Å². The van der Waals surface area contributed by atoms with Crippen molar-refractivity contribution in [3.63, 3.8) is 0 Å². The zero-order chi connectivity index (χ0) is 48.9. The summed E-state index contributed by atoms with van der Waals surface area (Å²) >= 11 is 0. The monoisotopic (exact) mass is 907 g/mol. The summed E-state index contributed by atoms with van der Waals surface area (Å²) in [6, 6.07) is 45.1. The average Bonchev–Trinajstić information content (AvgIpc) is 4.15. The molecule has 6 nitrogen and oxygen atoms in total. The lowest BCUT2D eigenvalue weighted by molar-refractivity contribution is 0.447. The van der Waals surface area contributed by atoms with Crippen LogP contribution in [0.25, 0.3) is 90.1 Å². The molecule has 69 heavy (non-hydrogen) atoms. The summed E-state index contributed by atoms with van der Waals surface area (Å²) in [7, 11) is 4.17. The molecule has 2 N–H and O–H groups in total. The first kappa shape index (κ1) is 45.8. The predicted octanol–water partition coefficient (Wildman–Crippen LogP) is 16.0. The van der Waals surface area contributed by atoms with Gasteiger partial charge >= 0.3 is 0 Å². The maximum Gasteiger partial charge on any atom is 0.208 e. The number of fused-ring (bicyclic) bond motifs is 10. The van der Waals surface area contributed by atoms with Crippen LogP contribution in [-0.2, 0) is 21.7 Å². The lowest BCUT2D eigenvalue weighted by atomic mass is 9.86. The summed E-state index contributed by atoms with van der Waals surface area (Å²) in [5, 5.41) is 0. The smallest absolute Gasteiger partial charge is 0.208 e. The van der Waals surface area contributed by atoms with E-state index in [2.05, 4.69) is 257 Å². The fourth-order valence-electron chi connectivity index (χ4n) is 10.0. The molecular weight excluding hydrogens is 841 g/mol. The number of nitrogens with one attached hydrogen (secondary N) is 2. The van der Waals surface area contributed by atoms with Crippen LogP contribution >= 0.6 is 0 Å². The zero-order valence-corrected chi connectivity index (χ0v) is 43.0. The van der Waals surface area contributed by atoms with Gasteiger partial charge in [-0.05, 0) is 103 Å². The first-order valence-electron chi connectivity index (χ1n) is 24.5. The van der Waals surface area contributed by atoms with Gasteiger partial charge in [-0.25, -0.2) is 9.97 Å². The van der Waals surface area contributed by atoms with Gasteiger partial charge < -0.3 is 19.8 Å². The molecule has 7 aromatic rings. The summed E-state index contributed by atoms with van der Waals surface area (Å²) < 4.78 is 0. The molecule has 0 fully saturated rings. The van der Waals surface area contributed by atoms with E-state index >= 15 is 0 Å². The van der Waals surface area contributed by atoms with Crippen LogP contribution in [0, 0.1) is 6.67 Å². The van der Waals surface area contributed by atoms with Crippen molar-refractivity contribution in [3.8, 4) is 44.5 Å². The Morgan fingerprint density at radius 2 is 0.609 bits per heavy atom. The van der Waals surface area contributed by atoms with Gasteiger partial charge in [-0.3, -0.25) is 0 Å². The highest BCUT2D eigenvalue weighted by Crippen LogP contribution is 2.48. The third-order valence-corrected chi connectivity index (χ3v) is 14.1. The Bertz CT molecular complexity index is 3140. The summed E-state index contributed by atoms with van der Waals surface area (Å²) in [5.41, 5.74) is 23.0. The zero-order valence-electron chi connectivity index (χ0n) is 43.0. The molecule has 0 aliphatic carbocycles. The molecule has 8 bridgehead atoms. The van der Waals surface area contributed by atoms with Crippen LogP contribution in [0.1, 0.15) is 128 Å². The van der Waals surface area contributed by atoms with E-state index in [0.717, 1.165) is 101 Å². The Balaban J connectivity index is 1.39. The van der Waals surface area contributed by atoms with E-state index in [1.165, 1.54) is 22.3 Å². The molecule has 0 saturated carbocycles. The molecule has 0 spiro atoms. The fraction of sp³-hybridized carbons (Fsp3) is 0.286. The molecule has 0 amide bonds. The summed E-state index contributed by atoms with van der Waals surface area (Å²) in [5.74, 6) is 0. The van der Waals surface area contributed by atoms with Gasteiger partial charge in [0.05, 0.1) is 34.2 Å². The Morgan fingerprint density at radius 1 is 0.348 bits per heavy atom. The molecular formula is C63H66N6. The maximum absolute atomic E-state index is 5.86. The minimum Gasteiger partial charge on any atom is -0.354 e. The molecule has 4 aromatic carbocycles. The van der Waals surface area contributed by atoms with Crippen LogP contribution in [-0.4, -0.2) is 43.8 Å². The SMILES string of the molecule is CN1[C]N(C)C2=C1c1nc2c(-c2ccc(C(C)(C)C)cc2)c2ccc([nH]2)c(-c2ccc(C(C)(C)C)cc2)c2nc(c(-c3ccc(C(C)(C)C)cc3)c3ccc([nH]3)c1-c1ccc(C(C)(C)C)cc1)C=C2. The van der Waals surface area contributed by atoms with Crippen molar-refractivity contribution in [1.29, 1.82) is 0 Å². The van der Waals surface area contributed by atoms with E-state index in [1.807, 2.05) is 0 Å². The first-order valence-corrected chi connectivity index (χ1v) is 24.5. The standard InChI is InChI=1S/C63H66N6/c1-60(2,3)42-23-15-38(16-24-42)52-46-31-32-47(64-46)53(39-17-25-43(26-18-39)61(4,5)6)49-34-36-51(66-49)55(41-21-29-45(30-22-41)63(10,11)12)57-59-58(68(13)37-69(59)14)56(67-57)54(50-35-33-48(52)65-50)40-19-27-44(28-20-40)62(7,8)9/h15-36,65-66H,1-14H3. The van der Waals surface area contributed by atoms with Gasteiger partial charge in [-0.1, -0.05) is 180 Å². The van der Waals surface area contributed by atoms with Gasteiger partial charge in [0.1, 0.15) is 0 Å². The summed E-state index contributed by atoms with van der Waals surface area (Å²) in [6.07, 6.45) is 4.37. The van der Waals surface area contributed by atoms with E-state index in [0.29, 0.717) is 0 Å². The maximum atomic E-state index is 5.86. The average molecular weight is 907 g/mol. The van der Waals surface area contributed by atoms with Crippen molar-refractivity contribution in [2.45, 2.75) is 105 Å². The number of hydrogen-bond acceptors (Lipinski definition) is 4. The molecule has 3 aliphatic rings. The predicted molar refractivity (Wildman–Crippen MR) is 292 cm³/mol. The fourth-order valence-corrected chi connectivity index (χ4v) is 10.0. The lowest BCUT2D eigenvalue weighted by Gasteiger charge is -2.20. The highest BCUT2D eigenvalue weighted by molar-refractivity contribution is 6.06. The molecule has 2 radical (unpaired) electrons. The van der Waals surface area contributed by atoms with Gasteiger partial charge in [0.25, 0.3) is 0 Å². The normalized spacial score (nSPS) is 14.3. The van der Waals surface area contributed by atoms with Gasteiger partial charge in [0.2, 0.25) is 6.67 Å². The number of nitrogens with zero attached hydrogens (tertiary/aromatic N) is 4. The van der Waals surface area contributed by atoms with Crippen LogP contribution in [0.4, 0.5) is 0 Å². The van der Waals surface area contributed by atoms with Crippen LogP contribution < -0.4 is 0 Å². The number of benzene rings is 4. The largest absolute Gasteiger partial charge is 0.354 e. The molecule has 0 saturated heterocycles. The molecule has 10 rings (SSSR count). The molecule has 0 atom stereocenters. The van der Waals surface area contributed by atoms with Gasteiger partial charge in [-0.2, -0.15) is 0 Å². The quantitative estimate of drug-likeness (QED) is 0.185. The van der Waals surface area contributed by atoms with Crippen molar-refractivity contribution in [2.75, 3.05) is 14.1 Å². The Morgan fingerprint density at radius 3 is 0.884 bits per heavy atom. The van der Waals surface area contributed by atoms with Crippen molar-refractivity contribution >= 4 is 45.6 Å². The third-order valence-electron chi connectivity index (χ3n) is 14.1. The molecule has 3 aromatic heterocycles. The summed E-state index contributed by atoms with van der Waals surface area (Å²) in [6.45, 7) is 30.8. The third kappa shape index (κ3) is 8.32. The van der Waals surface area contributed by atoms with Crippen LogP contribution in [0.3, 0.4) is 0 Å². The highest BCUT2D eigenvalue weighted by Gasteiger charge is 2.38. The van der Waals surface area contributed by atoms with Crippen molar-refractivity contribution in [2.24, 2.45) is 0 Å². The van der Waals surface area contributed by atoms with E-state index in [9.17, 15) is 0 Å². The Labute approximate surface area is 409 Å². The summed E-state index contributed by atoms with van der Waals surface area (Å²) in [4.78, 5) is 23.7. The van der Waals surface area contributed by atoms with E-state index in [4.69, 9.17) is 9.97 Å². The van der Waals surface area contributed by atoms with Gasteiger partial charge in [-0.15, -0.1) is 0 Å². The van der Waals surface area contributed by atoms with Crippen LogP contribution in [0.5, 0.6) is 0 Å². The molecule has 0 unspecified atom stereocenters. The van der Waals surface area contributed by atoms with E-state index < -0.39 is 0 Å². The second-order valence-corrected chi connectivity index (χ2v) is 23.3. The number of aromatic nitrogens is 4.